The molecule has 0 aliphatic heterocycles. The second kappa shape index (κ2) is 5.85. The number of nitrogens with zero attached hydrogens (tertiary/aromatic N) is 1. The first-order valence-corrected chi connectivity index (χ1v) is 6.36. The van der Waals surface area contributed by atoms with Crippen LogP contribution in [0.3, 0.4) is 0 Å². The lowest BCUT2D eigenvalue weighted by atomic mass is 10.1. The van der Waals surface area contributed by atoms with E-state index in [1.165, 1.54) is 17.2 Å². The number of benzene rings is 2. The van der Waals surface area contributed by atoms with Crippen LogP contribution in [0.2, 0.25) is 0 Å². The lowest BCUT2D eigenvalue weighted by molar-refractivity contribution is 0.609. The number of hydrogen-bond donors (Lipinski definition) is 1. The smallest absolute Gasteiger partial charge is 0.129 e. The lowest BCUT2D eigenvalue weighted by Crippen LogP contribution is -2.19. The summed E-state index contributed by atoms with van der Waals surface area (Å²) >= 11 is 0. The summed E-state index contributed by atoms with van der Waals surface area (Å²) in [7, 11) is 1.95. The van der Waals surface area contributed by atoms with Gasteiger partial charge in [0.25, 0.3) is 0 Å². The molecular weight excluding hydrogens is 239 g/mol. The molecule has 3 heteroatoms. The Morgan fingerprint density at radius 2 is 1.79 bits per heavy atom. The average Bonchev–Trinajstić information content (AvgIpc) is 2.41. The predicted octanol–water partition coefficient (Wildman–Crippen LogP) is 3.23. The van der Waals surface area contributed by atoms with Gasteiger partial charge in [-0.15, -0.1) is 0 Å². The molecule has 0 aliphatic rings. The van der Waals surface area contributed by atoms with Crippen LogP contribution in [0.5, 0.6) is 0 Å². The molecule has 100 valence electrons. The molecule has 0 aliphatic carbocycles. The zero-order valence-electron chi connectivity index (χ0n) is 11.4. The minimum atomic E-state index is -0.240. The Morgan fingerprint density at radius 1 is 1.11 bits per heavy atom. The van der Waals surface area contributed by atoms with Crippen LogP contribution in [0.1, 0.15) is 16.7 Å². The van der Waals surface area contributed by atoms with E-state index in [0.717, 1.165) is 12.2 Å². The first-order chi connectivity index (χ1) is 9.11. The Labute approximate surface area is 113 Å². The van der Waals surface area contributed by atoms with Gasteiger partial charge < -0.3 is 10.6 Å². The van der Waals surface area contributed by atoms with Crippen LogP contribution in [0.25, 0.3) is 0 Å². The molecule has 0 atom stereocenters. The summed E-state index contributed by atoms with van der Waals surface area (Å²) in [5, 5.41) is 0. The lowest BCUT2D eigenvalue weighted by Gasteiger charge is -2.22. The van der Waals surface area contributed by atoms with Gasteiger partial charge in [-0.25, -0.2) is 4.39 Å². The number of aryl methyl sites for hydroxylation is 1. The van der Waals surface area contributed by atoms with Gasteiger partial charge in [-0.05, 0) is 24.6 Å². The third-order valence-electron chi connectivity index (χ3n) is 3.25. The van der Waals surface area contributed by atoms with Gasteiger partial charge in [0, 0.05) is 31.4 Å². The molecule has 0 bridgehead atoms. The Kier molecular flexibility index (Phi) is 4.17. The Morgan fingerprint density at radius 3 is 2.42 bits per heavy atom. The summed E-state index contributed by atoms with van der Waals surface area (Å²) in [5.74, 6) is -0.240. The number of anilines is 1. The van der Waals surface area contributed by atoms with Crippen molar-refractivity contribution in [1.29, 1.82) is 0 Å². The SMILES string of the molecule is Cc1ccc(CN(C)c2cccc(F)c2CN)cc1. The van der Waals surface area contributed by atoms with Gasteiger partial charge in [0.1, 0.15) is 5.82 Å². The van der Waals surface area contributed by atoms with Crippen LogP contribution in [-0.2, 0) is 13.1 Å². The maximum Gasteiger partial charge on any atom is 0.129 e. The van der Waals surface area contributed by atoms with Gasteiger partial charge in [0.2, 0.25) is 0 Å². The summed E-state index contributed by atoms with van der Waals surface area (Å²) in [6.45, 7) is 3.00. The van der Waals surface area contributed by atoms with Crippen molar-refractivity contribution >= 4 is 5.69 Å². The van der Waals surface area contributed by atoms with Crippen LogP contribution >= 0.6 is 0 Å². The van der Waals surface area contributed by atoms with E-state index in [1.807, 2.05) is 18.0 Å². The maximum absolute atomic E-state index is 13.7. The van der Waals surface area contributed by atoms with E-state index in [4.69, 9.17) is 5.73 Å². The summed E-state index contributed by atoms with van der Waals surface area (Å²) in [6.07, 6.45) is 0. The third kappa shape index (κ3) is 3.12. The molecule has 19 heavy (non-hydrogen) atoms. The van der Waals surface area contributed by atoms with Gasteiger partial charge in [-0.3, -0.25) is 0 Å². The van der Waals surface area contributed by atoms with Crippen molar-refractivity contribution < 1.29 is 4.39 Å². The molecule has 0 fully saturated rings. The highest BCUT2D eigenvalue weighted by molar-refractivity contribution is 5.54. The van der Waals surface area contributed by atoms with Crippen molar-refractivity contribution in [2.75, 3.05) is 11.9 Å². The fourth-order valence-electron chi connectivity index (χ4n) is 2.16. The topological polar surface area (TPSA) is 29.3 Å². The standard InChI is InChI=1S/C16H19FN2/c1-12-6-8-13(9-7-12)11-19(2)16-5-3-4-15(17)14(16)10-18/h3-9H,10-11,18H2,1-2H3. The van der Waals surface area contributed by atoms with Gasteiger partial charge >= 0.3 is 0 Å². The number of hydrogen-bond acceptors (Lipinski definition) is 2. The molecule has 2 rings (SSSR count). The van der Waals surface area contributed by atoms with E-state index in [2.05, 4.69) is 31.2 Å². The van der Waals surface area contributed by atoms with Crippen molar-refractivity contribution in [2.45, 2.75) is 20.0 Å². The summed E-state index contributed by atoms with van der Waals surface area (Å²) in [4.78, 5) is 2.02. The first-order valence-electron chi connectivity index (χ1n) is 6.36. The number of halogens is 1. The van der Waals surface area contributed by atoms with Crippen molar-refractivity contribution in [3.05, 3.63) is 65.0 Å². The highest BCUT2D eigenvalue weighted by Crippen LogP contribution is 2.23. The molecule has 2 nitrogen and oxygen atoms in total. The molecule has 0 heterocycles. The third-order valence-corrected chi connectivity index (χ3v) is 3.25. The molecule has 2 N–H and O–H groups in total. The largest absolute Gasteiger partial charge is 0.370 e. The van der Waals surface area contributed by atoms with E-state index in [9.17, 15) is 4.39 Å². The number of rotatable bonds is 4. The van der Waals surface area contributed by atoms with Crippen molar-refractivity contribution in [2.24, 2.45) is 5.73 Å². The van der Waals surface area contributed by atoms with E-state index >= 15 is 0 Å². The molecule has 0 amide bonds. The zero-order valence-corrected chi connectivity index (χ0v) is 11.4. The normalized spacial score (nSPS) is 10.5. The summed E-state index contributed by atoms with van der Waals surface area (Å²) in [5.41, 5.74) is 9.48. The second-order valence-corrected chi connectivity index (χ2v) is 4.78. The molecule has 0 radical (unpaired) electrons. The fraction of sp³-hybridized carbons (Fsp3) is 0.250. The van der Waals surface area contributed by atoms with E-state index in [0.29, 0.717) is 5.56 Å². The molecule has 0 saturated carbocycles. The van der Waals surface area contributed by atoms with Gasteiger partial charge in [-0.1, -0.05) is 35.9 Å². The van der Waals surface area contributed by atoms with Crippen LogP contribution in [0.4, 0.5) is 10.1 Å². The first kappa shape index (κ1) is 13.6. The van der Waals surface area contributed by atoms with Crippen LogP contribution < -0.4 is 10.6 Å². The predicted molar refractivity (Wildman–Crippen MR) is 77.6 cm³/mol. The van der Waals surface area contributed by atoms with Gasteiger partial charge in [0.15, 0.2) is 0 Å². The highest BCUT2D eigenvalue weighted by atomic mass is 19.1. The zero-order chi connectivity index (χ0) is 13.8. The van der Waals surface area contributed by atoms with Crippen LogP contribution in [-0.4, -0.2) is 7.05 Å². The minimum Gasteiger partial charge on any atom is -0.370 e. The van der Waals surface area contributed by atoms with E-state index in [1.54, 1.807) is 6.07 Å². The molecule has 0 spiro atoms. The summed E-state index contributed by atoms with van der Waals surface area (Å²) in [6, 6.07) is 13.4. The fourth-order valence-corrected chi connectivity index (χ4v) is 2.16. The monoisotopic (exact) mass is 258 g/mol. The van der Waals surface area contributed by atoms with Crippen molar-refractivity contribution in [3.63, 3.8) is 0 Å². The number of nitrogens with two attached hydrogens (primary N) is 1. The Hall–Kier alpha value is -1.87. The molecule has 0 unspecified atom stereocenters. The van der Waals surface area contributed by atoms with Crippen molar-refractivity contribution in [3.8, 4) is 0 Å². The van der Waals surface area contributed by atoms with E-state index < -0.39 is 0 Å². The van der Waals surface area contributed by atoms with Crippen LogP contribution in [0, 0.1) is 12.7 Å². The Balaban J connectivity index is 2.22. The van der Waals surface area contributed by atoms with Gasteiger partial charge in [0.05, 0.1) is 0 Å². The van der Waals surface area contributed by atoms with E-state index in [-0.39, 0.29) is 12.4 Å². The second-order valence-electron chi connectivity index (χ2n) is 4.78. The van der Waals surface area contributed by atoms with Crippen molar-refractivity contribution in [1.82, 2.24) is 0 Å². The highest BCUT2D eigenvalue weighted by Gasteiger charge is 2.10. The quantitative estimate of drug-likeness (QED) is 0.912. The maximum atomic E-state index is 13.7. The molecule has 0 saturated heterocycles. The molecular formula is C16H19FN2. The molecule has 2 aromatic carbocycles. The van der Waals surface area contributed by atoms with Crippen LogP contribution in [0.15, 0.2) is 42.5 Å². The van der Waals surface area contributed by atoms with Gasteiger partial charge in [-0.2, -0.15) is 0 Å². The Bertz CT molecular complexity index is 549. The molecule has 2 aromatic rings. The minimum absolute atomic E-state index is 0.209. The average molecular weight is 258 g/mol. The molecule has 0 aromatic heterocycles. The summed E-state index contributed by atoms with van der Waals surface area (Å²) < 4.78 is 13.7.